The van der Waals surface area contributed by atoms with Gasteiger partial charge in [-0.3, -0.25) is 0 Å². The van der Waals surface area contributed by atoms with Gasteiger partial charge in [0.2, 0.25) is 0 Å². The first kappa shape index (κ1) is 12.4. The van der Waals surface area contributed by atoms with Gasteiger partial charge in [0.05, 0.1) is 0 Å². The van der Waals surface area contributed by atoms with Gasteiger partial charge in [0, 0.05) is 12.6 Å². The van der Waals surface area contributed by atoms with Gasteiger partial charge >= 0.3 is 0 Å². The monoisotopic (exact) mass is 224 g/mol. The predicted octanol–water partition coefficient (Wildman–Crippen LogP) is 2.48. The van der Waals surface area contributed by atoms with E-state index in [1.165, 1.54) is 45.3 Å². The standard InChI is InChI=1S/C14H28N2/c1-11(2)14(3)4-6-16(7-5-14)10-12-8-13(15)9-12/h11-13H,4-10,15H2,1-3H3. The lowest BCUT2D eigenvalue weighted by molar-refractivity contribution is 0.0564. The molecular formula is C14H28N2. The molecule has 1 heterocycles. The van der Waals surface area contributed by atoms with Crippen LogP contribution in [0.1, 0.15) is 46.5 Å². The van der Waals surface area contributed by atoms with Crippen LogP contribution in [0.25, 0.3) is 0 Å². The Bertz CT molecular complexity index is 223. The molecule has 0 aromatic carbocycles. The van der Waals surface area contributed by atoms with Crippen molar-refractivity contribution in [3.05, 3.63) is 0 Å². The van der Waals surface area contributed by atoms with Crippen LogP contribution >= 0.6 is 0 Å². The Balaban J connectivity index is 1.73. The number of likely N-dealkylation sites (tertiary alicyclic amines) is 1. The summed E-state index contributed by atoms with van der Waals surface area (Å²) < 4.78 is 0. The smallest absolute Gasteiger partial charge is 0.00450 e. The molecule has 0 spiro atoms. The van der Waals surface area contributed by atoms with E-state index in [9.17, 15) is 0 Å². The molecule has 2 fully saturated rings. The highest BCUT2D eigenvalue weighted by molar-refractivity contribution is 4.88. The molecule has 0 bridgehead atoms. The van der Waals surface area contributed by atoms with Gasteiger partial charge in [-0.15, -0.1) is 0 Å². The molecule has 0 aromatic heterocycles. The molecule has 0 unspecified atom stereocenters. The van der Waals surface area contributed by atoms with Crippen LogP contribution in [0.5, 0.6) is 0 Å². The Morgan fingerprint density at radius 3 is 2.25 bits per heavy atom. The molecule has 0 radical (unpaired) electrons. The van der Waals surface area contributed by atoms with Crippen LogP contribution in [0.2, 0.25) is 0 Å². The summed E-state index contributed by atoms with van der Waals surface area (Å²) in [7, 11) is 0. The molecule has 2 rings (SSSR count). The first-order valence-electron chi connectivity index (χ1n) is 6.97. The van der Waals surface area contributed by atoms with Crippen LogP contribution in [0.4, 0.5) is 0 Å². The second kappa shape index (κ2) is 4.66. The van der Waals surface area contributed by atoms with Gasteiger partial charge in [-0.05, 0) is 56.0 Å². The maximum Gasteiger partial charge on any atom is 0.00450 e. The summed E-state index contributed by atoms with van der Waals surface area (Å²) in [6, 6.07) is 0.510. The fraction of sp³-hybridized carbons (Fsp3) is 1.00. The quantitative estimate of drug-likeness (QED) is 0.798. The summed E-state index contributed by atoms with van der Waals surface area (Å²) >= 11 is 0. The van der Waals surface area contributed by atoms with Gasteiger partial charge in [-0.2, -0.15) is 0 Å². The third-order valence-electron chi connectivity index (χ3n) is 5.18. The number of piperidine rings is 1. The Morgan fingerprint density at radius 1 is 1.25 bits per heavy atom. The van der Waals surface area contributed by atoms with E-state index in [4.69, 9.17) is 5.73 Å². The van der Waals surface area contributed by atoms with Gasteiger partial charge in [0.1, 0.15) is 0 Å². The molecule has 1 aliphatic carbocycles. The molecule has 2 heteroatoms. The van der Waals surface area contributed by atoms with Crippen molar-refractivity contribution in [1.82, 2.24) is 4.90 Å². The number of hydrogen-bond donors (Lipinski definition) is 1. The first-order valence-corrected chi connectivity index (χ1v) is 6.97. The molecule has 1 saturated heterocycles. The summed E-state index contributed by atoms with van der Waals surface area (Å²) in [4.78, 5) is 2.67. The van der Waals surface area contributed by atoms with Gasteiger partial charge in [0.15, 0.2) is 0 Å². The zero-order valence-corrected chi connectivity index (χ0v) is 11.2. The van der Waals surface area contributed by atoms with Crippen LogP contribution in [0.15, 0.2) is 0 Å². The van der Waals surface area contributed by atoms with Crippen LogP contribution < -0.4 is 5.73 Å². The number of nitrogens with two attached hydrogens (primary N) is 1. The van der Waals surface area contributed by atoms with Crippen LogP contribution in [-0.4, -0.2) is 30.6 Å². The lowest BCUT2D eigenvalue weighted by Crippen LogP contribution is -2.47. The first-order chi connectivity index (χ1) is 7.49. The van der Waals surface area contributed by atoms with Crippen molar-refractivity contribution in [2.75, 3.05) is 19.6 Å². The largest absolute Gasteiger partial charge is 0.328 e. The number of rotatable bonds is 3. The minimum atomic E-state index is 0.510. The predicted molar refractivity (Wildman–Crippen MR) is 69.3 cm³/mol. The molecule has 2 aliphatic rings. The van der Waals surface area contributed by atoms with Crippen molar-refractivity contribution in [2.24, 2.45) is 23.0 Å². The topological polar surface area (TPSA) is 29.3 Å². The van der Waals surface area contributed by atoms with Gasteiger partial charge in [-0.1, -0.05) is 20.8 Å². The highest BCUT2D eigenvalue weighted by Gasteiger charge is 2.34. The normalized spacial score (nSPS) is 35.1. The highest BCUT2D eigenvalue weighted by Crippen LogP contribution is 2.38. The highest BCUT2D eigenvalue weighted by atomic mass is 15.1. The molecule has 94 valence electrons. The lowest BCUT2D eigenvalue weighted by atomic mass is 9.71. The number of nitrogens with zero attached hydrogens (tertiary/aromatic N) is 1. The molecule has 16 heavy (non-hydrogen) atoms. The fourth-order valence-electron chi connectivity index (χ4n) is 3.13. The van der Waals surface area contributed by atoms with Gasteiger partial charge in [0.25, 0.3) is 0 Å². The van der Waals surface area contributed by atoms with E-state index in [1.54, 1.807) is 0 Å². The minimum absolute atomic E-state index is 0.510. The van der Waals surface area contributed by atoms with E-state index in [0.717, 1.165) is 11.8 Å². The summed E-state index contributed by atoms with van der Waals surface area (Å²) in [5.41, 5.74) is 6.43. The summed E-state index contributed by atoms with van der Waals surface area (Å²) in [5, 5.41) is 0. The van der Waals surface area contributed by atoms with Crippen molar-refractivity contribution in [3.8, 4) is 0 Å². The molecule has 1 saturated carbocycles. The molecule has 0 atom stereocenters. The second-order valence-corrected chi connectivity index (χ2v) is 6.71. The van der Waals surface area contributed by atoms with E-state index in [2.05, 4.69) is 25.7 Å². The van der Waals surface area contributed by atoms with Crippen LogP contribution in [-0.2, 0) is 0 Å². The van der Waals surface area contributed by atoms with E-state index < -0.39 is 0 Å². The second-order valence-electron chi connectivity index (χ2n) is 6.71. The third kappa shape index (κ3) is 2.60. The molecule has 1 aliphatic heterocycles. The summed E-state index contributed by atoms with van der Waals surface area (Å²) in [6.07, 6.45) is 5.28. The van der Waals surface area contributed by atoms with Crippen LogP contribution in [0.3, 0.4) is 0 Å². The summed E-state index contributed by atoms with van der Waals surface area (Å²) in [6.45, 7) is 11.1. The van der Waals surface area contributed by atoms with E-state index in [1.807, 2.05) is 0 Å². The maximum atomic E-state index is 5.84. The van der Waals surface area contributed by atoms with Crippen molar-refractivity contribution in [2.45, 2.75) is 52.5 Å². The Labute approximate surface area is 101 Å². The molecule has 2 nitrogen and oxygen atoms in total. The Kier molecular flexibility index (Phi) is 3.60. The third-order valence-corrected chi connectivity index (χ3v) is 5.18. The van der Waals surface area contributed by atoms with Crippen LogP contribution in [0, 0.1) is 17.3 Å². The molecule has 2 N–H and O–H groups in total. The van der Waals surface area contributed by atoms with Crippen molar-refractivity contribution in [1.29, 1.82) is 0 Å². The SMILES string of the molecule is CC(C)C1(C)CCN(CC2CC(N)C2)CC1. The molecule has 0 amide bonds. The van der Waals surface area contributed by atoms with E-state index in [-0.39, 0.29) is 0 Å². The van der Waals surface area contributed by atoms with E-state index in [0.29, 0.717) is 11.5 Å². The Hall–Kier alpha value is -0.0800. The molecular weight excluding hydrogens is 196 g/mol. The Morgan fingerprint density at radius 2 is 1.81 bits per heavy atom. The minimum Gasteiger partial charge on any atom is -0.328 e. The van der Waals surface area contributed by atoms with Gasteiger partial charge in [-0.25, -0.2) is 0 Å². The summed E-state index contributed by atoms with van der Waals surface area (Å²) in [5.74, 6) is 1.73. The van der Waals surface area contributed by atoms with E-state index >= 15 is 0 Å². The maximum absolute atomic E-state index is 5.84. The number of hydrogen-bond acceptors (Lipinski definition) is 2. The molecule has 0 aromatic rings. The van der Waals surface area contributed by atoms with Crippen molar-refractivity contribution in [3.63, 3.8) is 0 Å². The zero-order valence-electron chi connectivity index (χ0n) is 11.2. The average Bonchev–Trinajstić information content (AvgIpc) is 2.19. The fourth-order valence-corrected chi connectivity index (χ4v) is 3.13. The van der Waals surface area contributed by atoms with Gasteiger partial charge < -0.3 is 10.6 Å². The zero-order chi connectivity index (χ0) is 11.8. The van der Waals surface area contributed by atoms with Crippen molar-refractivity contribution >= 4 is 0 Å². The lowest BCUT2D eigenvalue weighted by Gasteiger charge is -2.44. The van der Waals surface area contributed by atoms with Crippen molar-refractivity contribution < 1.29 is 0 Å². The average molecular weight is 224 g/mol.